The summed E-state index contributed by atoms with van der Waals surface area (Å²) < 4.78 is 18.5. The normalized spacial score (nSPS) is 16.3. The van der Waals surface area contributed by atoms with E-state index in [0.29, 0.717) is 13.0 Å². The van der Waals surface area contributed by atoms with E-state index in [0.717, 1.165) is 47.7 Å². The largest absolute Gasteiger partial charge is 0.497 e. The first-order chi connectivity index (χ1) is 14.6. The maximum atomic E-state index is 13.3. The highest BCUT2D eigenvalue weighted by atomic mass is 19.1. The molecule has 0 bridgehead atoms. The number of aromatic nitrogens is 2. The summed E-state index contributed by atoms with van der Waals surface area (Å²) in [5, 5.41) is 0. The highest BCUT2D eigenvalue weighted by Gasteiger charge is 2.28. The second-order valence-corrected chi connectivity index (χ2v) is 7.50. The van der Waals surface area contributed by atoms with Gasteiger partial charge in [-0.05, 0) is 54.8 Å². The minimum atomic E-state index is -0.280. The van der Waals surface area contributed by atoms with Crippen LogP contribution in [0.25, 0.3) is 11.3 Å². The van der Waals surface area contributed by atoms with E-state index in [1.807, 2.05) is 29.2 Å². The van der Waals surface area contributed by atoms with Gasteiger partial charge in [-0.15, -0.1) is 0 Å². The van der Waals surface area contributed by atoms with Crippen molar-refractivity contribution in [2.45, 2.75) is 25.2 Å². The number of carbonyl (C=O) groups excluding carboxylic acids is 1. The zero-order valence-corrected chi connectivity index (χ0v) is 16.9. The molecular formula is C24H24FN3O2. The third-order valence-electron chi connectivity index (χ3n) is 5.52. The second-order valence-electron chi connectivity index (χ2n) is 7.50. The third kappa shape index (κ3) is 4.48. The molecule has 1 aliphatic rings. The molecular weight excluding hydrogens is 381 g/mol. The number of likely N-dealkylation sites (tertiary alicyclic amines) is 1. The maximum Gasteiger partial charge on any atom is 0.227 e. The monoisotopic (exact) mass is 405 g/mol. The first-order valence-electron chi connectivity index (χ1n) is 10.1. The molecule has 0 radical (unpaired) electrons. The number of amides is 1. The van der Waals surface area contributed by atoms with E-state index in [4.69, 9.17) is 4.74 Å². The molecule has 4 rings (SSSR count). The van der Waals surface area contributed by atoms with Crippen molar-refractivity contribution in [2.24, 2.45) is 0 Å². The number of hydrogen-bond acceptors (Lipinski definition) is 4. The number of halogens is 1. The van der Waals surface area contributed by atoms with Gasteiger partial charge < -0.3 is 9.64 Å². The topological polar surface area (TPSA) is 55.3 Å². The van der Waals surface area contributed by atoms with Crippen LogP contribution < -0.4 is 4.74 Å². The van der Waals surface area contributed by atoms with E-state index < -0.39 is 0 Å². The summed E-state index contributed by atoms with van der Waals surface area (Å²) in [6, 6.07) is 13.9. The summed E-state index contributed by atoms with van der Waals surface area (Å²) in [6.45, 7) is 1.36. The molecule has 2 aromatic carbocycles. The molecule has 1 aliphatic heterocycles. The number of benzene rings is 2. The van der Waals surface area contributed by atoms with Crippen LogP contribution in [-0.2, 0) is 11.2 Å². The van der Waals surface area contributed by atoms with Crippen molar-refractivity contribution in [2.75, 3.05) is 20.2 Å². The Hall–Kier alpha value is -3.28. The fourth-order valence-electron chi connectivity index (χ4n) is 3.93. The summed E-state index contributed by atoms with van der Waals surface area (Å²) in [7, 11) is 1.63. The van der Waals surface area contributed by atoms with Crippen LogP contribution >= 0.6 is 0 Å². The Bertz CT molecular complexity index is 1010. The number of ether oxygens (including phenoxy) is 1. The molecule has 6 heteroatoms. The summed E-state index contributed by atoms with van der Waals surface area (Å²) in [5.41, 5.74) is 3.42. The highest BCUT2D eigenvalue weighted by molar-refractivity contribution is 5.79. The van der Waals surface area contributed by atoms with Crippen LogP contribution in [0.4, 0.5) is 4.39 Å². The number of nitrogens with zero attached hydrogens (tertiary/aromatic N) is 3. The predicted octanol–water partition coefficient (Wildman–Crippen LogP) is 4.24. The lowest BCUT2D eigenvalue weighted by atomic mass is 9.91. The number of carbonyl (C=O) groups is 1. The molecule has 154 valence electrons. The van der Waals surface area contributed by atoms with E-state index in [1.54, 1.807) is 31.6 Å². The third-order valence-corrected chi connectivity index (χ3v) is 5.52. The molecule has 0 saturated carbocycles. The minimum absolute atomic E-state index is 0.104. The Morgan fingerprint density at radius 1 is 1.10 bits per heavy atom. The predicted molar refractivity (Wildman–Crippen MR) is 113 cm³/mol. The molecule has 1 amide bonds. The fraction of sp³-hybridized carbons (Fsp3) is 0.292. The standard InChI is InChI=1S/C24H24FN3O2/c1-30-21-10-4-17(5-11-21)15-22(29)28-14-2-3-19(16-28)24-23(26-12-13-27-24)18-6-8-20(25)9-7-18/h4-13,19H,2-3,14-16H2,1H3/t19-/m0/s1. The van der Waals surface area contributed by atoms with Crippen molar-refractivity contribution in [3.8, 4) is 17.0 Å². The van der Waals surface area contributed by atoms with Gasteiger partial charge in [0.05, 0.1) is 24.9 Å². The van der Waals surface area contributed by atoms with Crippen LogP contribution in [-0.4, -0.2) is 41.0 Å². The van der Waals surface area contributed by atoms with Crippen LogP contribution in [0.5, 0.6) is 5.75 Å². The maximum absolute atomic E-state index is 13.3. The number of hydrogen-bond donors (Lipinski definition) is 0. The fourth-order valence-corrected chi connectivity index (χ4v) is 3.93. The molecule has 1 atom stereocenters. The van der Waals surface area contributed by atoms with E-state index >= 15 is 0 Å². The second kappa shape index (κ2) is 9.03. The first kappa shape index (κ1) is 20.0. The van der Waals surface area contributed by atoms with E-state index in [9.17, 15) is 9.18 Å². The molecule has 1 saturated heterocycles. The first-order valence-corrected chi connectivity index (χ1v) is 10.1. The zero-order chi connectivity index (χ0) is 20.9. The van der Waals surface area contributed by atoms with Crippen LogP contribution in [0, 0.1) is 5.82 Å². The molecule has 1 fully saturated rings. The van der Waals surface area contributed by atoms with Crippen LogP contribution in [0.15, 0.2) is 60.9 Å². The molecule has 5 nitrogen and oxygen atoms in total. The Labute approximate surface area is 175 Å². The quantitative estimate of drug-likeness (QED) is 0.637. The van der Waals surface area contributed by atoms with Crippen LogP contribution in [0.3, 0.4) is 0 Å². The van der Waals surface area contributed by atoms with Gasteiger partial charge in [0.25, 0.3) is 0 Å². The molecule has 0 unspecified atom stereocenters. The lowest BCUT2D eigenvalue weighted by Crippen LogP contribution is -2.40. The molecule has 3 aromatic rings. The summed E-state index contributed by atoms with van der Waals surface area (Å²) in [4.78, 5) is 23.9. The molecule has 2 heterocycles. The Morgan fingerprint density at radius 2 is 1.83 bits per heavy atom. The van der Waals surface area contributed by atoms with Gasteiger partial charge in [-0.3, -0.25) is 14.8 Å². The van der Waals surface area contributed by atoms with E-state index in [1.165, 1.54) is 12.1 Å². The molecule has 0 N–H and O–H groups in total. The average molecular weight is 405 g/mol. The lowest BCUT2D eigenvalue weighted by molar-refractivity contribution is -0.131. The van der Waals surface area contributed by atoms with Crippen LogP contribution in [0.2, 0.25) is 0 Å². The number of piperidine rings is 1. The SMILES string of the molecule is COc1ccc(CC(=O)N2CCC[C@H](c3nccnc3-c3ccc(F)cc3)C2)cc1. The Kier molecular flexibility index (Phi) is 6.02. The molecule has 0 spiro atoms. The molecule has 1 aromatic heterocycles. The van der Waals surface area contributed by atoms with Gasteiger partial charge in [0.1, 0.15) is 11.6 Å². The van der Waals surface area contributed by atoms with Crippen molar-refractivity contribution in [1.82, 2.24) is 14.9 Å². The lowest BCUT2D eigenvalue weighted by Gasteiger charge is -2.33. The number of rotatable bonds is 5. The van der Waals surface area contributed by atoms with Gasteiger partial charge in [-0.1, -0.05) is 12.1 Å². The van der Waals surface area contributed by atoms with Crippen molar-refractivity contribution in [3.05, 3.63) is 78.0 Å². The van der Waals surface area contributed by atoms with E-state index in [-0.39, 0.29) is 17.6 Å². The smallest absolute Gasteiger partial charge is 0.227 e. The molecule has 30 heavy (non-hydrogen) atoms. The van der Waals surface area contributed by atoms with Crippen LogP contribution in [0.1, 0.15) is 30.0 Å². The van der Waals surface area contributed by atoms with Crippen molar-refractivity contribution < 1.29 is 13.9 Å². The Morgan fingerprint density at radius 3 is 2.57 bits per heavy atom. The number of methoxy groups -OCH3 is 1. The minimum Gasteiger partial charge on any atom is -0.497 e. The van der Waals surface area contributed by atoms with Gasteiger partial charge in [-0.25, -0.2) is 4.39 Å². The summed E-state index contributed by atoms with van der Waals surface area (Å²) in [5.74, 6) is 0.710. The Balaban J connectivity index is 1.50. The highest BCUT2D eigenvalue weighted by Crippen LogP contribution is 2.32. The van der Waals surface area contributed by atoms with Gasteiger partial charge in [0, 0.05) is 37.0 Å². The van der Waals surface area contributed by atoms with Gasteiger partial charge in [0.15, 0.2) is 0 Å². The van der Waals surface area contributed by atoms with Gasteiger partial charge >= 0.3 is 0 Å². The summed E-state index contributed by atoms with van der Waals surface area (Å²) in [6.07, 6.45) is 5.55. The van der Waals surface area contributed by atoms with Crippen molar-refractivity contribution in [3.63, 3.8) is 0 Å². The zero-order valence-electron chi connectivity index (χ0n) is 16.9. The van der Waals surface area contributed by atoms with Gasteiger partial charge in [0.2, 0.25) is 5.91 Å². The molecule has 0 aliphatic carbocycles. The summed E-state index contributed by atoms with van der Waals surface area (Å²) >= 11 is 0. The van der Waals surface area contributed by atoms with E-state index in [2.05, 4.69) is 9.97 Å². The average Bonchev–Trinajstić information content (AvgIpc) is 2.80. The van der Waals surface area contributed by atoms with Crippen molar-refractivity contribution >= 4 is 5.91 Å². The van der Waals surface area contributed by atoms with Crippen molar-refractivity contribution in [1.29, 1.82) is 0 Å². The van der Waals surface area contributed by atoms with Gasteiger partial charge in [-0.2, -0.15) is 0 Å².